The smallest absolute Gasteiger partial charge is 0.130 e. The molecule has 214 valence electrons. The van der Waals surface area contributed by atoms with E-state index in [-0.39, 0.29) is 19.3 Å². The molecule has 0 heterocycles. The molecule has 0 aliphatic heterocycles. The average Bonchev–Trinajstić information content (AvgIpc) is 3.00. The van der Waals surface area contributed by atoms with Crippen molar-refractivity contribution < 1.29 is 19.7 Å². The summed E-state index contributed by atoms with van der Waals surface area (Å²) >= 11 is 0. The van der Waals surface area contributed by atoms with Gasteiger partial charge in [-0.1, -0.05) is 99.5 Å². The molecule has 1 unspecified atom stereocenters. The second-order valence-electron chi connectivity index (χ2n) is 10.3. The van der Waals surface area contributed by atoms with Gasteiger partial charge in [0, 0.05) is 35.9 Å². The van der Waals surface area contributed by atoms with Gasteiger partial charge in [0.15, 0.2) is 0 Å². The number of ether oxygens (including phenoxy) is 2. The molecule has 0 bridgehead atoms. The lowest BCUT2D eigenvalue weighted by atomic mass is 10.0. The Balaban J connectivity index is 1.51. The molecule has 0 amide bonds. The summed E-state index contributed by atoms with van der Waals surface area (Å²) in [4.78, 5) is 0. The van der Waals surface area contributed by atoms with Gasteiger partial charge in [-0.25, -0.2) is 0 Å². The van der Waals surface area contributed by atoms with Crippen molar-refractivity contribution in [2.24, 2.45) is 0 Å². The zero-order valence-electron chi connectivity index (χ0n) is 23.9. The van der Waals surface area contributed by atoms with Crippen LogP contribution in [-0.2, 0) is 37.5 Å². The Morgan fingerprint density at radius 3 is 2.12 bits per heavy atom. The molecule has 3 N–H and O–H groups in total. The maximum absolute atomic E-state index is 9.76. The highest BCUT2D eigenvalue weighted by molar-refractivity contribution is 5.49. The number of rotatable bonds is 19. The summed E-state index contributed by atoms with van der Waals surface area (Å²) in [5.74, 6) is 3.04. The minimum atomic E-state index is -0.213. The second kappa shape index (κ2) is 18.3. The SMILES string of the molecule is C#Cc1cc(CO)c(OCc2ccc(CNC(COCCCCCCCC)Cc3ccccc3)cc2)c(CO)c1. The molecule has 1 atom stereocenters. The van der Waals surface area contributed by atoms with Gasteiger partial charge in [-0.15, -0.1) is 6.42 Å². The van der Waals surface area contributed by atoms with Crippen molar-refractivity contribution in [1.82, 2.24) is 5.32 Å². The van der Waals surface area contributed by atoms with Crippen LogP contribution in [0.15, 0.2) is 66.7 Å². The molecule has 40 heavy (non-hydrogen) atoms. The third kappa shape index (κ3) is 10.8. The topological polar surface area (TPSA) is 71.0 Å². The third-order valence-corrected chi connectivity index (χ3v) is 7.04. The Hall–Kier alpha value is -3.14. The van der Waals surface area contributed by atoms with Crippen molar-refractivity contribution in [3.05, 3.63) is 100 Å². The number of aliphatic hydroxyl groups is 2. The maximum atomic E-state index is 9.76. The number of hydrogen-bond acceptors (Lipinski definition) is 5. The van der Waals surface area contributed by atoms with E-state index in [4.69, 9.17) is 15.9 Å². The molecule has 0 saturated carbocycles. The zero-order chi connectivity index (χ0) is 28.4. The van der Waals surface area contributed by atoms with Gasteiger partial charge < -0.3 is 25.0 Å². The second-order valence-corrected chi connectivity index (χ2v) is 10.3. The molecule has 0 aliphatic carbocycles. The minimum absolute atomic E-state index is 0.213. The van der Waals surface area contributed by atoms with Gasteiger partial charge in [0.2, 0.25) is 0 Å². The number of terminal acetylenes is 1. The fourth-order valence-corrected chi connectivity index (χ4v) is 4.73. The average molecular weight is 544 g/mol. The van der Waals surface area contributed by atoms with Crippen molar-refractivity contribution in [3.8, 4) is 18.1 Å². The van der Waals surface area contributed by atoms with Crippen molar-refractivity contribution in [2.75, 3.05) is 13.2 Å². The maximum Gasteiger partial charge on any atom is 0.130 e. The molecule has 0 fully saturated rings. The van der Waals surface area contributed by atoms with Crippen LogP contribution < -0.4 is 10.1 Å². The highest BCUT2D eigenvalue weighted by Crippen LogP contribution is 2.27. The molecule has 3 aromatic rings. The van der Waals surface area contributed by atoms with Crippen LogP contribution in [0.5, 0.6) is 5.75 Å². The van der Waals surface area contributed by atoms with Crippen molar-refractivity contribution in [1.29, 1.82) is 0 Å². The van der Waals surface area contributed by atoms with Crippen molar-refractivity contribution in [2.45, 2.75) is 84.3 Å². The van der Waals surface area contributed by atoms with Crippen molar-refractivity contribution in [3.63, 3.8) is 0 Å². The van der Waals surface area contributed by atoms with Crippen LogP contribution in [0.1, 0.15) is 78.8 Å². The van der Waals surface area contributed by atoms with Crippen LogP contribution in [0.2, 0.25) is 0 Å². The molecular weight excluding hydrogens is 498 g/mol. The van der Waals surface area contributed by atoms with E-state index >= 15 is 0 Å². The first kappa shape index (κ1) is 31.4. The van der Waals surface area contributed by atoms with Gasteiger partial charge in [0.1, 0.15) is 12.4 Å². The number of hydrogen-bond donors (Lipinski definition) is 3. The summed E-state index contributed by atoms with van der Waals surface area (Å²) in [5.41, 5.74) is 5.24. The van der Waals surface area contributed by atoms with E-state index in [1.807, 2.05) is 18.2 Å². The standard InChI is InChI=1S/C35H45NO4/c1-3-5-6-7-8-12-19-39-27-34(22-29-13-10-9-11-14-29)36-23-30-15-17-31(18-16-30)26-40-35-32(24-37)20-28(4-2)21-33(35)25-38/h2,9-11,13-18,20-21,34,36-38H,3,5-8,12,19,22-27H2,1H3. The monoisotopic (exact) mass is 543 g/mol. The lowest BCUT2D eigenvalue weighted by Gasteiger charge is -2.20. The minimum Gasteiger partial charge on any atom is -0.488 e. The zero-order valence-corrected chi connectivity index (χ0v) is 23.9. The predicted octanol–water partition coefficient (Wildman–Crippen LogP) is 6.31. The fraction of sp³-hybridized carbons (Fsp3) is 0.429. The number of benzene rings is 3. The van der Waals surface area contributed by atoms with Gasteiger partial charge in [-0.3, -0.25) is 0 Å². The van der Waals surface area contributed by atoms with Gasteiger partial charge in [-0.2, -0.15) is 0 Å². The van der Waals surface area contributed by atoms with Crippen LogP contribution in [0.3, 0.4) is 0 Å². The lowest BCUT2D eigenvalue weighted by Crippen LogP contribution is -2.35. The van der Waals surface area contributed by atoms with E-state index in [1.54, 1.807) is 12.1 Å². The largest absolute Gasteiger partial charge is 0.488 e. The van der Waals surface area contributed by atoms with E-state index in [2.05, 4.69) is 54.6 Å². The first-order valence-electron chi connectivity index (χ1n) is 14.6. The van der Waals surface area contributed by atoms with Gasteiger partial charge in [-0.05, 0) is 41.7 Å². The third-order valence-electron chi connectivity index (χ3n) is 7.04. The first-order chi connectivity index (χ1) is 19.7. The Labute approximate surface area is 240 Å². The van der Waals surface area contributed by atoms with Crippen LogP contribution in [0.4, 0.5) is 0 Å². The van der Waals surface area contributed by atoms with Gasteiger partial charge >= 0.3 is 0 Å². The highest BCUT2D eigenvalue weighted by Gasteiger charge is 2.13. The van der Waals surface area contributed by atoms with Crippen molar-refractivity contribution >= 4 is 0 Å². The van der Waals surface area contributed by atoms with Crippen LogP contribution >= 0.6 is 0 Å². The van der Waals surface area contributed by atoms with Gasteiger partial charge in [0.05, 0.1) is 19.8 Å². The quantitative estimate of drug-likeness (QED) is 0.122. The summed E-state index contributed by atoms with van der Waals surface area (Å²) in [6, 6.07) is 22.5. The Kier molecular flexibility index (Phi) is 14.3. The van der Waals surface area contributed by atoms with Crippen LogP contribution in [0.25, 0.3) is 0 Å². The van der Waals surface area contributed by atoms with Gasteiger partial charge in [0.25, 0.3) is 0 Å². The fourth-order valence-electron chi connectivity index (χ4n) is 4.73. The summed E-state index contributed by atoms with van der Waals surface area (Å²) in [6.07, 6.45) is 14.0. The molecule has 0 aliphatic rings. The lowest BCUT2D eigenvalue weighted by molar-refractivity contribution is 0.107. The van der Waals surface area contributed by atoms with E-state index in [0.29, 0.717) is 35.7 Å². The highest BCUT2D eigenvalue weighted by atomic mass is 16.5. The van der Waals surface area contributed by atoms with E-state index < -0.39 is 0 Å². The summed E-state index contributed by atoms with van der Waals surface area (Å²) in [6.45, 7) is 4.40. The molecule has 3 rings (SSSR count). The number of unbranched alkanes of at least 4 members (excludes halogenated alkanes) is 5. The van der Waals surface area contributed by atoms with Crippen LogP contribution in [0, 0.1) is 12.3 Å². The van der Waals surface area contributed by atoms with Crippen LogP contribution in [-0.4, -0.2) is 29.5 Å². The summed E-state index contributed by atoms with van der Waals surface area (Å²) < 4.78 is 12.1. The van der Waals surface area contributed by atoms with E-state index in [1.165, 1.54) is 43.2 Å². The number of aliphatic hydroxyl groups excluding tert-OH is 2. The molecular formula is C35H45NO4. The predicted molar refractivity (Wildman–Crippen MR) is 162 cm³/mol. The molecule has 0 spiro atoms. The normalized spacial score (nSPS) is 11.8. The molecule has 5 nitrogen and oxygen atoms in total. The Morgan fingerprint density at radius 2 is 1.48 bits per heavy atom. The van der Waals surface area contributed by atoms with E-state index in [0.717, 1.165) is 31.6 Å². The number of nitrogens with one attached hydrogen (secondary N) is 1. The first-order valence-corrected chi connectivity index (χ1v) is 14.6. The molecule has 0 radical (unpaired) electrons. The molecule has 0 saturated heterocycles. The summed E-state index contributed by atoms with van der Waals surface area (Å²) in [5, 5.41) is 23.2. The summed E-state index contributed by atoms with van der Waals surface area (Å²) in [7, 11) is 0. The molecule has 3 aromatic carbocycles. The van der Waals surface area contributed by atoms with E-state index in [9.17, 15) is 10.2 Å². The Morgan fingerprint density at radius 1 is 0.825 bits per heavy atom. The molecule has 0 aromatic heterocycles. The molecule has 5 heteroatoms. The Bertz CT molecular complexity index is 1130.